The molecule has 0 aliphatic heterocycles. The van der Waals surface area contributed by atoms with E-state index in [1.807, 2.05) is 18.2 Å². The van der Waals surface area contributed by atoms with E-state index in [2.05, 4.69) is 30.2 Å². The number of benzene rings is 1. The average Bonchev–Trinajstić information content (AvgIpc) is 3.11. The van der Waals surface area contributed by atoms with Crippen LogP contribution in [0.5, 0.6) is 0 Å². The van der Waals surface area contributed by atoms with Crippen LogP contribution in [0.15, 0.2) is 36.7 Å². The number of carbonyl (C=O) groups is 1. The Labute approximate surface area is 145 Å². The number of carbonyl (C=O) groups excluding carboxylic acids is 1. The van der Waals surface area contributed by atoms with Crippen molar-refractivity contribution in [1.29, 1.82) is 0 Å². The molecule has 25 heavy (non-hydrogen) atoms. The van der Waals surface area contributed by atoms with Crippen molar-refractivity contribution in [2.24, 2.45) is 0 Å². The second kappa shape index (κ2) is 6.46. The first-order valence-electron chi connectivity index (χ1n) is 8.20. The SMILES string of the molecule is CN(Cc1nccn1C(F)F)C(=O)N[C@@H]1CC(C)(C)c2ccccc21. The van der Waals surface area contributed by atoms with Crippen LogP contribution in [-0.2, 0) is 12.0 Å². The highest BCUT2D eigenvalue weighted by atomic mass is 19.3. The number of hydrogen-bond donors (Lipinski definition) is 1. The third kappa shape index (κ3) is 3.36. The van der Waals surface area contributed by atoms with Crippen molar-refractivity contribution in [3.8, 4) is 0 Å². The number of alkyl halides is 2. The highest BCUT2D eigenvalue weighted by Gasteiger charge is 2.37. The van der Waals surface area contributed by atoms with Gasteiger partial charge in [0.05, 0.1) is 12.6 Å². The molecule has 1 aromatic heterocycles. The van der Waals surface area contributed by atoms with Gasteiger partial charge < -0.3 is 10.2 Å². The van der Waals surface area contributed by atoms with Gasteiger partial charge in [-0.15, -0.1) is 0 Å². The van der Waals surface area contributed by atoms with Gasteiger partial charge in [0.1, 0.15) is 5.82 Å². The molecule has 0 fully saturated rings. The summed E-state index contributed by atoms with van der Waals surface area (Å²) in [5.74, 6) is 0.153. The Balaban J connectivity index is 1.69. The van der Waals surface area contributed by atoms with Gasteiger partial charge in [-0.05, 0) is 23.0 Å². The molecular formula is C18H22F2N4O. The number of halogens is 2. The molecular weight excluding hydrogens is 326 g/mol. The maximum atomic E-state index is 12.9. The molecule has 7 heteroatoms. The van der Waals surface area contributed by atoms with Gasteiger partial charge in [-0.2, -0.15) is 8.78 Å². The molecule has 0 bridgehead atoms. The lowest BCUT2D eigenvalue weighted by atomic mass is 9.86. The van der Waals surface area contributed by atoms with E-state index < -0.39 is 6.55 Å². The molecule has 1 N–H and O–H groups in total. The number of hydrogen-bond acceptors (Lipinski definition) is 2. The van der Waals surface area contributed by atoms with Crippen molar-refractivity contribution in [1.82, 2.24) is 19.8 Å². The number of aromatic nitrogens is 2. The van der Waals surface area contributed by atoms with Crippen LogP contribution in [0.2, 0.25) is 0 Å². The van der Waals surface area contributed by atoms with Crippen molar-refractivity contribution in [2.75, 3.05) is 7.05 Å². The predicted octanol–water partition coefficient (Wildman–Crippen LogP) is 3.84. The fourth-order valence-corrected chi connectivity index (χ4v) is 3.46. The number of imidazole rings is 1. The number of nitrogens with zero attached hydrogens (tertiary/aromatic N) is 3. The summed E-state index contributed by atoms with van der Waals surface area (Å²) in [6.45, 7) is 1.65. The van der Waals surface area contributed by atoms with E-state index in [-0.39, 0.29) is 29.9 Å². The molecule has 1 heterocycles. The number of amides is 2. The maximum absolute atomic E-state index is 12.9. The van der Waals surface area contributed by atoms with E-state index in [9.17, 15) is 13.6 Å². The van der Waals surface area contributed by atoms with Crippen molar-refractivity contribution >= 4 is 6.03 Å². The normalized spacial score (nSPS) is 18.2. The number of rotatable bonds is 4. The lowest BCUT2D eigenvalue weighted by Crippen LogP contribution is -2.39. The highest BCUT2D eigenvalue weighted by Crippen LogP contribution is 2.44. The van der Waals surface area contributed by atoms with E-state index >= 15 is 0 Å². The zero-order chi connectivity index (χ0) is 18.2. The number of fused-ring (bicyclic) bond motifs is 1. The van der Waals surface area contributed by atoms with Crippen molar-refractivity contribution in [2.45, 2.75) is 44.8 Å². The molecule has 1 aliphatic carbocycles. The Bertz CT molecular complexity index is 772. The fourth-order valence-electron chi connectivity index (χ4n) is 3.46. The molecule has 134 valence electrons. The van der Waals surface area contributed by atoms with Crippen molar-refractivity contribution in [3.05, 3.63) is 53.6 Å². The van der Waals surface area contributed by atoms with Gasteiger partial charge >= 0.3 is 12.6 Å². The van der Waals surface area contributed by atoms with Crippen LogP contribution < -0.4 is 5.32 Å². The first kappa shape index (κ1) is 17.4. The molecule has 5 nitrogen and oxygen atoms in total. The highest BCUT2D eigenvalue weighted by molar-refractivity contribution is 5.74. The van der Waals surface area contributed by atoms with Crippen LogP contribution in [0, 0.1) is 0 Å². The molecule has 1 aromatic carbocycles. The molecule has 2 amide bonds. The Morgan fingerprint density at radius 2 is 2.16 bits per heavy atom. The van der Waals surface area contributed by atoms with Gasteiger partial charge in [-0.1, -0.05) is 38.1 Å². The van der Waals surface area contributed by atoms with Gasteiger partial charge in [0.25, 0.3) is 0 Å². The van der Waals surface area contributed by atoms with Gasteiger partial charge in [0.15, 0.2) is 0 Å². The molecule has 2 aromatic rings. The van der Waals surface area contributed by atoms with Gasteiger partial charge in [0.2, 0.25) is 0 Å². The minimum absolute atomic E-state index is 0.0148. The third-order valence-corrected chi connectivity index (χ3v) is 4.76. The summed E-state index contributed by atoms with van der Waals surface area (Å²) in [7, 11) is 1.58. The zero-order valence-corrected chi connectivity index (χ0v) is 14.5. The summed E-state index contributed by atoms with van der Waals surface area (Å²) < 4.78 is 26.6. The van der Waals surface area contributed by atoms with E-state index in [0.717, 1.165) is 16.6 Å². The molecule has 1 aliphatic rings. The number of nitrogens with one attached hydrogen (secondary N) is 1. The summed E-state index contributed by atoms with van der Waals surface area (Å²) in [4.78, 5) is 17.8. The Kier molecular flexibility index (Phi) is 4.49. The minimum Gasteiger partial charge on any atom is -0.331 e. The summed E-state index contributed by atoms with van der Waals surface area (Å²) >= 11 is 0. The summed E-state index contributed by atoms with van der Waals surface area (Å²) in [6.07, 6.45) is 3.32. The van der Waals surface area contributed by atoms with Crippen LogP contribution in [-0.4, -0.2) is 27.5 Å². The molecule has 1 atom stereocenters. The number of urea groups is 1. The minimum atomic E-state index is -2.67. The summed E-state index contributed by atoms with van der Waals surface area (Å²) in [6, 6.07) is 7.68. The zero-order valence-electron chi connectivity index (χ0n) is 14.5. The first-order valence-corrected chi connectivity index (χ1v) is 8.20. The second-order valence-corrected chi connectivity index (χ2v) is 7.06. The van der Waals surface area contributed by atoms with Gasteiger partial charge in [-0.3, -0.25) is 4.57 Å². The lowest BCUT2D eigenvalue weighted by molar-refractivity contribution is 0.0650. The monoisotopic (exact) mass is 348 g/mol. The van der Waals surface area contributed by atoms with Crippen LogP contribution >= 0.6 is 0 Å². The Morgan fingerprint density at radius 1 is 1.44 bits per heavy atom. The van der Waals surface area contributed by atoms with E-state index in [0.29, 0.717) is 0 Å². The summed E-state index contributed by atoms with van der Waals surface area (Å²) in [5.41, 5.74) is 2.33. The predicted molar refractivity (Wildman–Crippen MR) is 90.3 cm³/mol. The van der Waals surface area contributed by atoms with Crippen molar-refractivity contribution < 1.29 is 13.6 Å². The molecule has 0 saturated carbocycles. The molecule has 3 rings (SSSR count). The smallest absolute Gasteiger partial charge is 0.319 e. The Hall–Kier alpha value is -2.44. The van der Waals surface area contributed by atoms with Crippen LogP contribution in [0.4, 0.5) is 13.6 Å². The topological polar surface area (TPSA) is 50.2 Å². The maximum Gasteiger partial charge on any atom is 0.319 e. The van der Waals surface area contributed by atoms with E-state index in [1.165, 1.54) is 22.9 Å². The van der Waals surface area contributed by atoms with Crippen molar-refractivity contribution in [3.63, 3.8) is 0 Å². The van der Waals surface area contributed by atoms with Crippen LogP contribution in [0.25, 0.3) is 0 Å². The molecule has 0 radical (unpaired) electrons. The van der Waals surface area contributed by atoms with Gasteiger partial charge in [-0.25, -0.2) is 9.78 Å². The summed E-state index contributed by atoms with van der Waals surface area (Å²) in [5, 5.41) is 3.01. The van der Waals surface area contributed by atoms with Crippen LogP contribution in [0.1, 0.15) is 49.8 Å². The molecule has 0 spiro atoms. The second-order valence-electron chi connectivity index (χ2n) is 7.06. The third-order valence-electron chi connectivity index (χ3n) is 4.76. The molecule has 0 unspecified atom stereocenters. The van der Waals surface area contributed by atoms with Gasteiger partial charge in [0, 0.05) is 19.4 Å². The Morgan fingerprint density at radius 3 is 2.88 bits per heavy atom. The standard InChI is InChI=1S/C18H22F2N4O/c1-18(2)10-14(12-6-4-5-7-13(12)18)22-17(25)23(3)11-15-21-8-9-24(15)16(19)20/h4-9,14,16H,10-11H2,1-3H3,(H,22,25)/t14-/m1/s1. The quantitative estimate of drug-likeness (QED) is 0.913. The van der Waals surface area contributed by atoms with E-state index in [1.54, 1.807) is 7.05 Å². The van der Waals surface area contributed by atoms with Crippen LogP contribution in [0.3, 0.4) is 0 Å². The average molecular weight is 348 g/mol. The molecule has 0 saturated heterocycles. The lowest BCUT2D eigenvalue weighted by Gasteiger charge is -2.23. The van der Waals surface area contributed by atoms with E-state index in [4.69, 9.17) is 0 Å². The largest absolute Gasteiger partial charge is 0.331 e. The fraction of sp³-hybridized carbons (Fsp3) is 0.444. The first-order chi connectivity index (χ1) is 11.8.